The van der Waals surface area contributed by atoms with Crippen LogP contribution in [0.25, 0.3) is 0 Å². The van der Waals surface area contributed by atoms with Crippen molar-refractivity contribution in [2.75, 3.05) is 13.6 Å². The maximum absolute atomic E-state index is 13.0. The Hall–Kier alpha value is -0.940. The summed E-state index contributed by atoms with van der Waals surface area (Å²) in [4.78, 5) is 13.4. The second kappa shape index (κ2) is 5.14. The Balaban J connectivity index is 1.94. The molecule has 1 unspecified atom stereocenters. The molecule has 0 radical (unpaired) electrons. The van der Waals surface area contributed by atoms with E-state index in [2.05, 4.69) is 21.2 Å². The number of benzene rings is 1. The molecule has 0 bridgehead atoms. The molecule has 1 heterocycles. The standard InChI is InChI=1S/C12H14BrFN2O/c1-16-5-4-11(12(16)17)15-7-8-2-3-10(14)9(13)6-8/h2-3,6,11,15H,4-5,7H2,1H3. The molecule has 0 aliphatic carbocycles. The van der Waals surface area contributed by atoms with E-state index in [4.69, 9.17) is 0 Å². The smallest absolute Gasteiger partial charge is 0.239 e. The van der Waals surface area contributed by atoms with Crippen molar-refractivity contribution in [1.82, 2.24) is 10.2 Å². The number of nitrogens with zero attached hydrogens (tertiary/aromatic N) is 1. The minimum absolute atomic E-state index is 0.108. The normalized spacial score (nSPS) is 20.1. The van der Waals surface area contributed by atoms with E-state index in [1.165, 1.54) is 6.07 Å². The molecule has 0 saturated carbocycles. The highest BCUT2D eigenvalue weighted by molar-refractivity contribution is 9.10. The zero-order chi connectivity index (χ0) is 12.4. The first-order valence-electron chi connectivity index (χ1n) is 5.50. The van der Waals surface area contributed by atoms with Gasteiger partial charge in [-0.2, -0.15) is 0 Å². The lowest BCUT2D eigenvalue weighted by atomic mass is 10.2. The van der Waals surface area contributed by atoms with Crippen LogP contribution in [0.3, 0.4) is 0 Å². The topological polar surface area (TPSA) is 32.3 Å². The van der Waals surface area contributed by atoms with Crippen molar-refractivity contribution in [1.29, 1.82) is 0 Å². The third-order valence-electron chi connectivity index (χ3n) is 2.96. The van der Waals surface area contributed by atoms with Crippen LogP contribution in [0.1, 0.15) is 12.0 Å². The predicted octanol–water partition coefficient (Wildman–Crippen LogP) is 1.91. The monoisotopic (exact) mass is 300 g/mol. The molecule has 0 aromatic heterocycles. The Labute approximate surface area is 108 Å². The zero-order valence-electron chi connectivity index (χ0n) is 9.54. The molecule has 1 aliphatic heterocycles. The highest BCUT2D eigenvalue weighted by Gasteiger charge is 2.28. The summed E-state index contributed by atoms with van der Waals surface area (Å²) < 4.78 is 13.5. The number of rotatable bonds is 3. The van der Waals surface area contributed by atoms with Crippen LogP contribution in [0.15, 0.2) is 22.7 Å². The highest BCUT2D eigenvalue weighted by Crippen LogP contribution is 2.17. The molecule has 1 aromatic rings. The van der Waals surface area contributed by atoms with E-state index in [0.717, 1.165) is 18.5 Å². The lowest BCUT2D eigenvalue weighted by molar-refractivity contribution is -0.128. The van der Waals surface area contributed by atoms with Crippen molar-refractivity contribution < 1.29 is 9.18 Å². The van der Waals surface area contributed by atoms with Crippen LogP contribution in [0.5, 0.6) is 0 Å². The van der Waals surface area contributed by atoms with E-state index < -0.39 is 0 Å². The van der Waals surface area contributed by atoms with Crippen LogP contribution in [-0.4, -0.2) is 30.4 Å². The average Bonchev–Trinajstić information content (AvgIpc) is 2.62. The highest BCUT2D eigenvalue weighted by atomic mass is 79.9. The van der Waals surface area contributed by atoms with Gasteiger partial charge < -0.3 is 10.2 Å². The van der Waals surface area contributed by atoms with E-state index in [9.17, 15) is 9.18 Å². The Morgan fingerprint density at radius 3 is 2.94 bits per heavy atom. The Morgan fingerprint density at radius 1 is 1.59 bits per heavy atom. The van der Waals surface area contributed by atoms with Gasteiger partial charge in [0.1, 0.15) is 5.82 Å². The van der Waals surface area contributed by atoms with Gasteiger partial charge in [-0.1, -0.05) is 6.07 Å². The van der Waals surface area contributed by atoms with Gasteiger partial charge in [0.25, 0.3) is 0 Å². The van der Waals surface area contributed by atoms with Crippen LogP contribution in [0.2, 0.25) is 0 Å². The molecule has 1 amide bonds. The molecule has 1 aromatic carbocycles. The molecule has 1 fully saturated rings. The summed E-state index contributed by atoms with van der Waals surface area (Å²) in [6, 6.07) is 4.76. The molecule has 1 aliphatic rings. The summed E-state index contributed by atoms with van der Waals surface area (Å²) in [5, 5.41) is 3.19. The minimum Gasteiger partial charge on any atom is -0.344 e. The van der Waals surface area contributed by atoms with E-state index in [1.54, 1.807) is 24.1 Å². The molecule has 92 valence electrons. The fourth-order valence-corrected chi connectivity index (χ4v) is 2.33. The van der Waals surface area contributed by atoms with E-state index in [0.29, 0.717) is 11.0 Å². The molecular formula is C12H14BrFN2O. The van der Waals surface area contributed by atoms with E-state index in [1.807, 2.05) is 0 Å². The molecule has 2 rings (SSSR count). The fourth-order valence-electron chi connectivity index (χ4n) is 1.90. The van der Waals surface area contributed by atoms with Crippen LogP contribution >= 0.6 is 15.9 Å². The quantitative estimate of drug-likeness (QED) is 0.925. The number of amides is 1. The molecule has 1 N–H and O–H groups in total. The molecule has 3 nitrogen and oxygen atoms in total. The largest absolute Gasteiger partial charge is 0.344 e. The number of hydrogen-bond acceptors (Lipinski definition) is 2. The number of nitrogens with one attached hydrogen (secondary N) is 1. The Morgan fingerprint density at radius 2 is 2.35 bits per heavy atom. The van der Waals surface area contributed by atoms with Crippen LogP contribution < -0.4 is 5.32 Å². The van der Waals surface area contributed by atoms with Crippen molar-refractivity contribution in [2.45, 2.75) is 19.0 Å². The van der Waals surface area contributed by atoms with Crippen molar-refractivity contribution in [2.24, 2.45) is 0 Å². The summed E-state index contributed by atoms with van der Waals surface area (Å²) in [6.45, 7) is 1.37. The summed E-state index contributed by atoms with van der Waals surface area (Å²) in [5.74, 6) is -0.142. The number of hydrogen-bond donors (Lipinski definition) is 1. The minimum atomic E-state index is -0.273. The van der Waals surface area contributed by atoms with Gasteiger partial charge in [-0.15, -0.1) is 0 Å². The zero-order valence-corrected chi connectivity index (χ0v) is 11.1. The first kappa shape index (κ1) is 12.5. The van der Waals surface area contributed by atoms with Gasteiger partial charge >= 0.3 is 0 Å². The molecule has 0 spiro atoms. The summed E-state index contributed by atoms with van der Waals surface area (Å²) in [7, 11) is 1.80. The predicted molar refractivity (Wildman–Crippen MR) is 67.0 cm³/mol. The van der Waals surface area contributed by atoms with Gasteiger partial charge in [0.2, 0.25) is 5.91 Å². The van der Waals surface area contributed by atoms with Crippen LogP contribution in [0.4, 0.5) is 4.39 Å². The second-order valence-electron chi connectivity index (χ2n) is 4.23. The average molecular weight is 301 g/mol. The van der Waals surface area contributed by atoms with Crippen molar-refractivity contribution in [3.63, 3.8) is 0 Å². The number of likely N-dealkylation sites (tertiary alicyclic amines) is 1. The third-order valence-corrected chi connectivity index (χ3v) is 3.57. The lowest BCUT2D eigenvalue weighted by Gasteiger charge is -2.12. The molecule has 1 saturated heterocycles. The van der Waals surface area contributed by atoms with Gasteiger partial charge in [-0.25, -0.2) is 4.39 Å². The third kappa shape index (κ3) is 2.84. The van der Waals surface area contributed by atoms with E-state index in [-0.39, 0.29) is 17.8 Å². The fraction of sp³-hybridized carbons (Fsp3) is 0.417. The SMILES string of the molecule is CN1CCC(NCc2ccc(F)c(Br)c2)C1=O. The number of likely N-dealkylation sites (N-methyl/N-ethyl adjacent to an activating group) is 1. The maximum atomic E-state index is 13.0. The van der Waals surface area contributed by atoms with Crippen molar-refractivity contribution >= 4 is 21.8 Å². The molecular weight excluding hydrogens is 287 g/mol. The first-order chi connectivity index (χ1) is 8.08. The molecule has 5 heteroatoms. The van der Waals surface area contributed by atoms with Gasteiger partial charge in [-0.3, -0.25) is 4.79 Å². The van der Waals surface area contributed by atoms with E-state index >= 15 is 0 Å². The summed E-state index contributed by atoms with van der Waals surface area (Å²) in [5.41, 5.74) is 0.959. The van der Waals surface area contributed by atoms with Crippen molar-refractivity contribution in [3.05, 3.63) is 34.1 Å². The summed E-state index contributed by atoms with van der Waals surface area (Å²) in [6.07, 6.45) is 0.831. The molecule has 17 heavy (non-hydrogen) atoms. The van der Waals surface area contributed by atoms with Gasteiger partial charge in [-0.05, 0) is 40.0 Å². The Bertz CT molecular complexity index is 439. The lowest BCUT2D eigenvalue weighted by Crippen LogP contribution is -2.36. The van der Waals surface area contributed by atoms with Gasteiger partial charge in [0.15, 0.2) is 0 Å². The first-order valence-corrected chi connectivity index (χ1v) is 6.29. The van der Waals surface area contributed by atoms with Crippen LogP contribution in [-0.2, 0) is 11.3 Å². The number of halogens is 2. The van der Waals surface area contributed by atoms with Crippen LogP contribution in [0, 0.1) is 5.82 Å². The number of carbonyl (C=O) groups is 1. The van der Waals surface area contributed by atoms with Crippen molar-refractivity contribution in [3.8, 4) is 0 Å². The second-order valence-corrected chi connectivity index (χ2v) is 5.08. The maximum Gasteiger partial charge on any atom is 0.239 e. The summed E-state index contributed by atoms with van der Waals surface area (Å²) >= 11 is 3.14. The molecule has 1 atom stereocenters. The number of carbonyl (C=O) groups excluding carboxylic acids is 1. The van der Waals surface area contributed by atoms with Gasteiger partial charge in [0, 0.05) is 20.1 Å². The Kier molecular flexibility index (Phi) is 3.79. The van der Waals surface area contributed by atoms with Gasteiger partial charge in [0.05, 0.1) is 10.5 Å².